The number of fused-ring (bicyclic) bond motifs is 1. The summed E-state index contributed by atoms with van der Waals surface area (Å²) in [7, 11) is 1.98. The first-order valence-electron chi connectivity index (χ1n) is 7.55. The molecule has 2 aromatic rings. The molecule has 1 N–H and O–H groups in total. The molecule has 2 heterocycles. The Kier molecular flexibility index (Phi) is 3.88. The maximum Gasteiger partial charge on any atom is 0.136 e. The molecule has 3 heteroatoms. The van der Waals surface area contributed by atoms with Gasteiger partial charge in [0.15, 0.2) is 0 Å². The number of hydrogen-bond donors (Lipinski definition) is 1. The van der Waals surface area contributed by atoms with Crippen molar-refractivity contribution in [3.63, 3.8) is 0 Å². The Balaban J connectivity index is 2.01. The summed E-state index contributed by atoms with van der Waals surface area (Å²) in [6.07, 6.45) is 4.58. The third kappa shape index (κ3) is 2.50. The predicted molar refractivity (Wildman–Crippen MR) is 85.1 cm³/mol. The zero-order chi connectivity index (χ0) is 13.9. The summed E-state index contributed by atoms with van der Waals surface area (Å²) in [4.78, 5) is 7.21. The van der Waals surface area contributed by atoms with Gasteiger partial charge in [-0.2, -0.15) is 0 Å². The summed E-state index contributed by atoms with van der Waals surface area (Å²) < 4.78 is 0. The molecule has 1 fully saturated rings. The Morgan fingerprint density at radius 2 is 1.90 bits per heavy atom. The van der Waals surface area contributed by atoms with Crippen LogP contribution in [0.15, 0.2) is 30.5 Å². The second kappa shape index (κ2) is 5.80. The minimum absolute atomic E-state index is 0.848. The van der Waals surface area contributed by atoms with Crippen molar-refractivity contribution >= 4 is 16.6 Å². The molecule has 0 saturated carbocycles. The van der Waals surface area contributed by atoms with Crippen LogP contribution < -0.4 is 10.2 Å². The number of hydrogen-bond acceptors (Lipinski definition) is 3. The van der Waals surface area contributed by atoms with E-state index in [1.807, 2.05) is 13.2 Å². The Labute approximate surface area is 121 Å². The molecule has 0 amide bonds. The predicted octanol–water partition coefficient (Wildman–Crippen LogP) is 3.19. The van der Waals surface area contributed by atoms with E-state index in [9.17, 15) is 0 Å². The van der Waals surface area contributed by atoms with Crippen LogP contribution in [-0.2, 0) is 6.54 Å². The fourth-order valence-corrected chi connectivity index (χ4v) is 3.04. The van der Waals surface area contributed by atoms with Crippen LogP contribution in [0.4, 0.5) is 5.82 Å². The standard InChI is InChI=1S/C17H23N3/c1-13-7-9-20(10-8-13)17-16-6-4-3-5-15(16)14(11-18-2)12-19-17/h3-6,12-13,18H,7-11H2,1-2H3. The van der Waals surface area contributed by atoms with Crippen LogP contribution in [0.25, 0.3) is 10.8 Å². The lowest BCUT2D eigenvalue weighted by Gasteiger charge is -2.32. The van der Waals surface area contributed by atoms with Crippen LogP contribution in [0, 0.1) is 5.92 Å². The van der Waals surface area contributed by atoms with Gasteiger partial charge in [0.25, 0.3) is 0 Å². The van der Waals surface area contributed by atoms with Gasteiger partial charge in [0.1, 0.15) is 5.82 Å². The van der Waals surface area contributed by atoms with E-state index >= 15 is 0 Å². The first kappa shape index (κ1) is 13.4. The number of pyridine rings is 1. The molecule has 0 unspecified atom stereocenters. The van der Waals surface area contributed by atoms with Gasteiger partial charge in [-0.1, -0.05) is 31.2 Å². The van der Waals surface area contributed by atoms with Gasteiger partial charge in [0, 0.05) is 31.2 Å². The fourth-order valence-electron chi connectivity index (χ4n) is 3.04. The highest BCUT2D eigenvalue weighted by atomic mass is 15.2. The number of nitrogens with zero attached hydrogens (tertiary/aromatic N) is 2. The van der Waals surface area contributed by atoms with Crippen LogP contribution in [-0.4, -0.2) is 25.1 Å². The molecule has 20 heavy (non-hydrogen) atoms. The van der Waals surface area contributed by atoms with E-state index in [4.69, 9.17) is 4.98 Å². The second-order valence-electron chi connectivity index (χ2n) is 5.85. The average Bonchev–Trinajstić information content (AvgIpc) is 2.49. The Morgan fingerprint density at radius 1 is 1.20 bits per heavy atom. The van der Waals surface area contributed by atoms with Crippen molar-refractivity contribution in [2.24, 2.45) is 5.92 Å². The van der Waals surface area contributed by atoms with Gasteiger partial charge in [-0.05, 0) is 36.8 Å². The van der Waals surface area contributed by atoms with Gasteiger partial charge in [-0.3, -0.25) is 0 Å². The summed E-state index contributed by atoms with van der Waals surface area (Å²) in [5.41, 5.74) is 1.28. The van der Waals surface area contributed by atoms with Gasteiger partial charge in [-0.15, -0.1) is 0 Å². The summed E-state index contributed by atoms with van der Waals surface area (Å²) in [5, 5.41) is 5.84. The monoisotopic (exact) mass is 269 g/mol. The summed E-state index contributed by atoms with van der Waals surface area (Å²) in [6, 6.07) is 8.64. The molecule has 106 valence electrons. The summed E-state index contributed by atoms with van der Waals surface area (Å²) in [5.74, 6) is 2.01. The van der Waals surface area contributed by atoms with Crippen molar-refractivity contribution in [1.29, 1.82) is 0 Å². The third-order valence-electron chi connectivity index (χ3n) is 4.31. The van der Waals surface area contributed by atoms with Gasteiger partial charge in [-0.25, -0.2) is 4.98 Å². The number of aromatic nitrogens is 1. The zero-order valence-electron chi connectivity index (χ0n) is 12.4. The van der Waals surface area contributed by atoms with E-state index in [0.29, 0.717) is 0 Å². The Hall–Kier alpha value is -1.61. The first-order chi connectivity index (χ1) is 9.79. The van der Waals surface area contributed by atoms with Crippen molar-refractivity contribution < 1.29 is 0 Å². The zero-order valence-corrected chi connectivity index (χ0v) is 12.4. The number of benzene rings is 1. The fraction of sp³-hybridized carbons (Fsp3) is 0.471. The second-order valence-corrected chi connectivity index (χ2v) is 5.85. The molecule has 1 aliphatic heterocycles. The molecule has 3 rings (SSSR count). The minimum atomic E-state index is 0.848. The number of nitrogens with one attached hydrogen (secondary N) is 1. The molecule has 0 radical (unpaired) electrons. The Bertz CT molecular complexity index is 586. The molecule has 1 saturated heterocycles. The van der Waals surface area contributed by atoms with Crippen molar-refractivity contribution in [2.75, 3.05) is 25.0 Å². The lowest BCUT2D eigenvalue weighted by atomic mass is 9.98. The molecule has 0 aliphatic carbocycles. The van der Waals surface area contributed by atoms with Crippen LogP contribution >= 0.6 is 0 Å². The molecule has 1 aromatic heterocycles. The van der Waals surface area contributed by atoms with Crippen LogP contribution in [0.2, 0.25) is 0 Å². The van der Waals surface area contributed by atoms with Gasteiger partial charge in [0.05, 0.1) is 0 Å². The number of anilines is 1. The van der Waals surface area contributed by atoms with E-state index in [2.05, 4.69) is 41.4 Å². The van der Waals surface area contributed by atoms with Crippen molar-refractivity contribution in [3.8, 4) is 0 Å². The molecule has 0 atom stereocenters. The Morgan fingerprint density at radius 3 is 2.60 bits per heavy atom. The number of piperidine rings is 1. The number of rotatable bonds is 3. The lowest BCUT2D eigenvalue weighted by Crippen LogP contribution is -2.33. The topological polar surface area (TPSA) is 28.2 Å². The van der Waals surface area contributed by atoms with Crippen LogP contribution in [0.1, 0.15) is 25.3 Å². The summed E-state index contributed by atoms with van der Waals surface area (Å²) >= 11 is 0. The molecular formula is C17H23N3. The van der Waals surface area contributed by atoms with Crippen LogP contribution in [0.3, 0.4) is 0 Å². The highest BCUT2D eigenvalue weighted by molar-refractivity contribution is 5.94. The highest BCUT2D eigenvalue weighted by Crippen LogP contribution is 2.30. The smallest absolute Gasteiger partial charge is 0.136 e. The molecule has 0 bridgehead atoms. The molecular weight excluding hydrogens is 246 g/mol. The first-order valence-corrected chi connectivity index (χ1v) is 7.55. The average molecular weight is 269 g/mol. The molecule has 1 aromatic carbocycles. The van der Waals surface area contributed by atoms with Crippen molar-refractivity contribution in [1.82, 2.24) is 10.3 Å². The highest BCUT2D eigenvalue weighted by Gasteiger charge is 2.19. The molecule has 1 aliphatic rings. The van der Waals surface area contributed by atoms with E-state index in [0.717, 1.165) is 31.4 Å². The summed E-state index contributed by atoms with van der Waals surface area (Å²) in [6.45, 7) is 5.47. The van der Waals surface area contributed by atoms with Gasteiger partial charge < -0.3 is 10.2 Å². The van der Waals surface area contributed by atoms with Gasteiger partial charge in [0.2, 0.25) is 0 Å². The molecule has 0 spiro atoms. The van der Waals surface area contributed by atoms with Crippen molar-refractivity contribution in [2.45, 2.75) is 26.3 Å². The maximum atomic E-state index is 4.76. The van der Waals surface area contributed by atoms with E-state index in [1.165, 1.54) is 29.2 Å². The van der Waals surface area contributed by atoms with E-state index in [1.54, 1.807) is 0 Å². The van der Waals surface area contributed by atoms with Crippen LogP contribution in [0.5, 0.6) is 0 Å². The molecule has 3 nitrogen and oxygen atoms in total. The van der Waals surface area contributed by atoms with Gasteiger partial charge >= 0.3 is 0 Å². The maximum absolute atomic E-state index is 4.76. The third-order valence-corrected chi connectivity index (χ3v) is 4.31. The lowest BCUT2D eigenvalue weighted by molar-refractivity contribution is 0.437. The minimum Gasteiger partial charge on any atom is -0.356 e. The van der Waals surface area contributed by atoms with E-state index in [-0.39, 0.29) is 0 Å². The van der Waals surface area contributed by atoms with Crippen molar-refractivity contribution in [3.05, 3.63) is 36.0 Å². The quantitative estimate of drug-likeness (QED) is 0.927. The SMILES string of the molecule is CNCc1cnc(N2CCC(C)CC2)c2ccccc12. The normalized spacial score (nSPS) is 16.8. The largest absolute Gasteiger partial charge is 0.356 e. The van der Waals surface area contributed by atoms with E-state index < -0.39 is 0 Å².